The third kappa shape index (κ3) is 2.96. The van der Waals surface area contributed by atoms with Gasteiger partial charge in [-0.3, -0.25) is 0 Å². The van der Waals surface area contributed by atoms with Crippen LogP contribution >= 0.6 is 15.9 Å². The van der Waals surface area contributed by atoms with E-state index in [4.69, 9.17) is 9.94 Å². The SMILES string of the molecule is CCOC(=O)/C(Cc1c[nH]c2ccc(Br)cc12)=N\O. The summed E-state index contributed by atoms with van der Waals surface area (Å²) in [6, 6.07) is 5.80. The molecule has 19 heavy (non-hydrogen) atoms. The Morgan fingerprint density at radius 2 is 2.32 bits per heavy atom. The summed E-state index contributed by atoms with van der Waals surface area (Å²) in [5.41, 5.74) is 1.82. The molecule has 1 aromatic heterocycles. The lowest BCUT2D eigenvalue weighted by Gasteiger charge is -2.03. The smallest absolute Gasteiger partial charge is 0.356 e. The van der Waals surface area contributed by atoms with E-state index >= 15 is 0 Å². The number of hydrogen-bond donors (Lipinski definition) is 2. The van der Waals surface area contributed by atoms with E-state index in [0.717, 1.165) is 20.9 Å². The molecule has 0 atom stereocenters. The number of aromatic nitrogens is 1. The van der Waals surface area contributed by atoms with Gasteiger partial charge in [0.2, 0.25) is 0 Å². The summed E-state index contributed by atoms with van der Waals surface area (Å²) < 4.78 is 5.77. The highest BCUT2D eigenvalue weighted by Gasteiger charge is 2.16. The maximum Gasteiger partial charge on any atom is 0.356 e. The number of hydrogen-bond acceptors (Lipinski definition) is 4. The highest BCUT2D eigenvalue weighted by molar-refractivity contribution is 9.10. The van der Waals surface area contributed by atoms with Crippen LogP contribution in [0.15, 0.2) is 34.0 Å². The van der Waals surface area contributed by atoms with Crippen LogP contribution in [0.1, 0.15) is 12.5 Å². The van der Waals surface area contributed by atoms with Crippen LogP contribution in [0.3, 0.4) is 0 Å². The predicted molar refractivity (Wildman–Crippen MR) is 75.6 cm³/mol. The number of esters is 1. The number of carbonyl (C=O) groups excluding carboxylic acids is 1. The zero-order valence-corrected chi connectivity index (χ0v) is 11.9. The summed E-state index contributed by atoms with van der Waals surface area (Å²) in [6.07, 6.45) is 2.01. The number of H-pyrrole nitrogens is 1. The summed E-state index contributed by atoms with van der Waals surface area (Å²) >= 11 is 3.40. The van der Waals surface area contributed by atoms with Gasteiger partial charge in [0.15, 0.2) is 5.71 Å². The van der Waals surface area contributed by atoms with Crippen molar-refractivity contribution in [3.63, 3.8) is 0 Å². The highest BCUT2D eigenvalue weighted by atomic mass is 79.9. The molecule has 2 aromatic rings. The van der Waals surface area contributed by atoms with Gasteiger partial charge < -0.3 is 14.9 Å². The molecule has 0 bridgehead atoms. The van der Waals surface area contributed by atoms with Crippen LogP contribution in [-0.2, 0) is 16.0 Å². The van der Waals surface area contributed by atoms with Crippen molar-refractivity contribution >= 4 is 38.5 Å². The van der Waals surface area contributed by atoms with Crippen LogP contribution in [-0.4, -0.2) is 28.5 Å². The molecule has 2 rings (SSSR count). The van der Waals surface area contributed by atoms with E-state index in [2.05, 4.69) is 26.1 Å². The van der Waals surface area contributed by atoms with E-state index in [0.29, 0.717) is 0 Å². The van der Waals surface area contributed by atoms with Gasteiger partial charge in [-0.15, -0.1) is 0 Å². The molecule has 0 saturated heterocycles. The minimum atomic E-state index is -0.602. The van der Waals surface area contributed by atoms with Crippen LogP contribution in [0.4, 0.5) is 0 Å². The van der Waals surface area contributed by atoms with Gasteiger partial charge in [0, 0.05) is 28.0 Å². The average molecular weight is 325 g/mol. The standard InChI is InChI=1S/C13H13BrN2O3/c1-2-19-13(17)12(16-18)5-8-7-15-11-4-3-9(14)6-10(8)11/h3-4,6-7,15,18H,2,5H2,1H3/b16-12-. The highest BCUT2D eigenvalue weighted by Crippen LogP contribution is 2.23. The normalized spacial score (nSPS) is 11.8. The summed E-state index contributed by atoms with van der Waals surface area (Å²) in [5.74, 6) is -0.602. The van der Waals surface area contributed by atoms with Crippen LogP contribution < -0.4 is 0 Å². The van der Waals surface area contributed by atoms with E-state index in [1.54, 1.807) is 13.1 Å². The van der Waals surface area contributed by atoms with Crippen LogP contribution in [0, 0.1) is 0 Å². The second-order valence-corrected chi connectivity index (χ2v) is 4.86. The number of halogens is 1. The number of oxime groups is 1. The molecule has 0 aliphatic rings. The van der Waals surface area contributed by atoms with Gasteiger partial charge in [0.25, 0.3) is 0 Å². The Hall–Kier alpha value is -1.82. The Balaban J connectivity index is 2.30. The van der Waals surface area contributed by atoms with Gasteiger partial charge in [-0.05, 0) is 30.7 Å². The molecule has 1 heterocycles. The first-order valence-corrected chi connectivity index (χ1v) is 6.58. The lowest BCUT2D eigenvalue weighted by atomic mass is 10.1. The molecule has 1 aromatic carbocycles. The molecule has 0 radical (unpaired) electrons. The van der Waals surface area contributed by atoms with E-state index in [1.165, 1.54) is 0 Å². The van der Waals surface area contributed by atoms with Crippen molar-refractivity contribution in [3.8, 4) is 0 Å². The zero-order valence-electron chi connectivity index (χ0n) is 10.3. The zero-order chi connectivity index (χ0) is 13.8. The first kappa shape index (κ1) is 13.6. The fourth-order valence-electron chi connectivity index (χ4n) is 1.84. The fourth-order valence-corrected chi connectivity index (χ4v) is 2.20. The Morgan fingerprint density at radius 1 is 1.53 bits per heavy atom. The number of rotatable bonds is 4. The molecule has 0 aliphatic carbocycles. The first-order chi connectivity index (χ1) is 9.15. The molecular weight excluding hydrogens is 312 g/mol. The molecule has 0 fully saturated rings. The second kappa shape index (κ2) is 5.88. The quantitative estimate of drug-likeness (QED) is 0.393. The largest absolute Gasteiger partial charge is 0.461 e. The topological polar surface area (TPSA) is 74.7 Å². The van der Waals surface area contributed by atoms with Gasteiger partial charge in [-0.1, -0.05) is 21.1 Å². The van der Waals surface area contributed by atoms with Crippen molar-refractivity contribution in [1.82, 2.24) is 4.98 Å². The third-order valence-corrected chi connectivity index (χ3v) is 3.21. The molecule has 2 N–H and O–H groups in total. The molecular formula is C13H13BrN2O3. The van der Waals surface area contributed by atoms with Gasteiger partial charge in [-0.25, -0.2) is 4.79 Å². The predicted octanol–water partition coefficient (Wildman–Crippen LogP) is 2.87. The maximum absolute atomic E-state index is 11.6. The van der Waals surface area contributed by atoms with Gasteiger partial charge in [0.1, 0.15) is 0 Å². The first-order valence-electron chi connectivity index (χ1n) is 5.79. The van der Waals surface area contributed by atoms with Crippen molar-refractivity contribution < 1.29 is 14.7 Å². The summed E-state index contributed by atoms with van der Waals surface area (Å²) in [7, 11) is 0. The molecule has 6 heteroatoms. The number of ether oxygens (including phenoxy) is 1. The Kier molecular flexibility index (Phi) is 4.21. The van der Waals surface area contributed by atoms with E-state index in [1.807, 2.05) is 18.2 Å². The molecule has 0 saturated carbocycles. The van der Waals surface area contributed by atoms with Crippen LogP contribution in [0.25, 0.3) is 10.9 Å². The van der Waals surface area contributed by atoms with E-state index < -0.39 is 5.97 Å². The van der Waals surface area contributed by atoms with Crippen molar-refractivity contribution in [2.75, 3.05) is 6.61 Å². The van der Waals surface area contributed by atoms with Crippen LogP contribution in [0.2, 0.25) is 0 Å². The van der Waals surface area contributed by atoms with E-state index in [-0.39, 0.29) is 18.7 Å². The lowest BCUT2D eigenvalue weighted by molar-refractivity contribution is -0.135. The number of benzene rings is 1. The minimum Gasteiger partial charge on any atom is -0.461 e. The maximum atomic E-state index is 11.6. The van der Waals surface area contributed by atoms with E-state index in [9.17, 15) is 4.79 Å². The number of carbonyl (C=O) groups is 1. The fraction of sp³-hybridized carbons (Fsp3) is 0.231. The molecule has 5 nitrogen and oxygen atoms in total. The molecule has 0 aliphatic heterocycles. The van der Waals surface area contributed by atoms with Crippen molar-refractivity contribution in [3.05, 3.63) is 34.4 Å². The lowest BCUT2D eigenvalue weighted by Crippen LogP contribution is -2.19. The average Bonchev–Trinajstić information content (AvgIpc) is 2.78. The minimum absolute atomic E-state index is 0.0114. The van der Waals surface area contributed by atoms with Gasteiger partial charge in [-0.2, -0.15) is 0 Å². The Labute approximate surface area is 118 Å². The van der Waals surface area contributed by atoms with Crippen molar-refractivity contribution in [2.45, 2.75) is 13.3 Å². The van der Waals surface area contributed by atoms with Crippen LogP contribution in [0.5, 0.6) is 0 Å². The number of aromatic amines is 1. The number of nitrogens with one attached hydrogen (secondary N) is 1. The second-order valence-electron chi connectivity index (χ2n) is 3.95. The number of nitrogens with zero attached hydrogens (tertiary/aromatic N) is 1. The summed E-state index contributed by atoms with van der Waals surface area (Å²) in [4.78, 5) is 14.7. The monoisotopic (exact) mass is 324 g/mol. The van der Waals surface area contributed by atoms with Gasteiger partial charge >= 0.3 is 5.97 Å². The molecule has 100 valence electrons. The van der Waals surface area contributed by atoms with Gasteiger partial charge in [0.05, 0.1) is 6.61 Å². The Bertz CT molecular complexity index is 634. The Morgan fingerprint density at radius 3 is 3.00 bits per heavy atom. The molecule has 0 spiro atoms. The summed E-state index contributed by atoms with van der Waals surface area (Å²) in [5, 5.41) is 12.9. The third-order valence-electron chi connectivity index (χ3n) is 2.72. The van der Waals surface area contributed by atoms with Crippen molar-refractivity contribution in [2.24, 2.45) is 5.16 Å². The van der Waals surface area contributed by atoms with Crippen molar-refractivity contribution in [1.29, 1.82) is 0 Å². The molecule has 0 unspecified atom stereocenters. The molecule has 0 amide bonds. The summed E-state index contributed by atoms with van der Waals surface area (Å²) in [6.45, 7) is 1.95. The number of fused-ring (bicyclic) bond motifs is 1.